The number of nitrogens with zero attached hydrogens (tertiary/aromatic N) is 2. The zero-order chi connectivity index (χ0) is 14.9. The fraction of sp³-hybridized carbons (Fsp3) is 0.308. The molecule has 106 valence electrons. The molecular formula is C13H14ClN3O3. The van der Waals surface area contributed by atoms with E-state index in [2.05, 4.69) is 10.4 Å². The van der Waals surface area contributed by atoms with Crippen LogP contribution in [0.1, 0.15) is 17.4 Å². The molecule has 1 amide bonds. The Morgan fingerprint density at radius 3 is 2.90 bits per heavy atom. The van der Waals surface area contributed by atoms with Crippen molar-refractivity contribution in [2.75, 3.05) is 6.54 Å². The normalized spacial score (nSPS) is 12.4. The van der Waals surface area contributed by atoms with Gasteiger partial charge in [-0.2, -0.15) is 5.10 Å². The molecule has 1 unspecified atom stereocenters. The molecule has 0 aliphatic carbocycles. The van der Waals surface area contributed by atoms with E-state index in [4.69, 9.17) is 16.7 Å². The number of carbonyl (C=O) groups excluding carboxylic acids is 1. The molecule has 0 fully saturated rings. The molecule has 1 aromatic carbocycles. The number of rotatable bonds is 3. The summed E-state index contributed by atoms with van der Waals surface area (Å²) in [5.74, 6) is -0.617. The highest BCUT2D eigenvalue weighted by molar-refractivity contribution is 6.31. The van der Waals surface area contributed by atoms with Gasteiger partial charge in [0.25, 0.3) is 5.91 Å². The number of amides is 1. The highest BCUT2D eigenvalue weighted by Gasteiger charge is 2.16. The molecule has 0 radical (unpaired) electrons. The number of benzene rings is 1. The van der Waals surface area contributed by atoms with Crippen LogP contribution in [0.5, 0.6) is 0 Å². The Kier molecular flexibility index (Phi) is 4.06. The van der Waals surface area contributed by atoms with Gasteiger partial charge in [-0.05, 0) is 25.1 Å². The molecular weight excluding hydrogens is 282 g/mol. The third kappa shape index (κ3) is 2.81. The van der Waals surface area contributed by atoms with Gasteiger partial charge in [0.15, 0.2) is 5.69 Å². The highest BCUT2D eigenvalue weighted by Crippen LogP contribution is 2.15. The van der Waals surface area contributed by atoms with Crippen LogP contribution < -0.4 is 10.7 Å². The summed E-state index contributed by atoms with van der Waals surface area (Å²) in [6.07, 6.45) is -0.697. The van der Waals surface area contributed by atoms with Gasteiger partial charge in [0, 0.05) is 18.6 Å². The second-order valence-electron chi connectivity index (χ2n) is 4.52. The molecule has 0 bridgehead atoms. The van der Waals surface area contributed by atoms with Gasteiger partial charge in [-0.15, -0.1) is 0 Å². The van der Waals surface area contributed by atoms with Crippen molar-refractivity contribution in [3.63, 3.8) is 0 Å². The fourth-order valence-corrected chi connectivity index (χ4v) is 1.99. The Hall–Kier alpha value is -1.92. The summed E-state index contributed by atoms with van der Waals surface area (Å²) in [6.45, 7) is 1.59. The van der Waals surface area contributed by atoms with Crippen LogP contribution in [0.25, 0.3) is 10.9 Å². The van der Waals surface area contributed by atoms with E-state index in [1.807, 2.05) is 0 Å². The van der Waals surface area contributed by atoms with Crippen molar-refractivity contribution >= 4 is 28.4 Å². The number of aliphatic hydroxyl groups is 1. The molecule has 6 nitrogen and oxygen atoms in total. The van der Waals surface area contributed by atoms with Gasteiger partial charge in [0.2, 0.25) is 5.43 Å². The number of carbonyl (C=O) groups is 1. The van der Waals surface area contributed by atoms with Crippen molar-refractivity contribution in [3.8, 4) is 0 Å². The SMILES string of the molecule is CC(O)CNC(=O)c1nn(C)c2ccc(Cl)cc2c1=O. The van der Waals surface area contributed by atoms with E-state index in [9.17, 15) is 9.59 Å². The standard InChI is InChI=1S/C13H14ClN3O3/c1-7(18)6-15-13(20)11-12(19)9-5-8(14)3-4-10(9)17(2)16-11/h3-5,7,18H,6H2,1-2H3,(H,15,20). The summed E-state index contributed by atoms with van der Waals surface area (Å²) in [7, 11) is 1.64. The largest absolute Gasteiger partial charge is 0.392 e. The monoisotopic (exact) mass is 295 g/mol. The Morgan fingerprint density at radius 1 is 1.55 bits per heavy atom. The number of nitrogens with one attached hydrogen (secondary N) is 1. The average Bonchev–Trinajstić information content (AvgIpc) is 2.40. The zero-order valence-corrected chi connectivity index (χ0v) is 11.8. The third-order valence-corrected chi connectivity index (χ3v) is 3.03. The Balaban J connectivity index is 2.52. The lowest BCUT2D eigenvalue weighted by Gasteiger charge is -2.09. The van der Waals surface area contributed by atoms with Gasteiger partial charge >= 0.3 is 0 Å². The van der Waals surface area contributed by atoms with Crippen LogP contribution in [0, 0.1) is 0 Å². The number of aromatic nitrogens is 2. The molecule has 0 saturated carbocycles. The van der Waals surface area contributed by atoms with Gasteiger partial charge in [0.1, 0.15) is 0 Å². The van der Waals surface area contributed by atoms with Crippen LogP contribution in [-0.4, -0.2) is 33.4 Å². The lowest BCUT2D eigenvalue weighted by molar-refractivity contribution is 0.0916. The molecule has 0 aliphatic rings. The molecule has 2 aromatic rings. The first-order valence-electron chi connectivity index (χ1n) is 6.03. The number of hydrogen-bond donors (Lipinski definition) is 2. The molecule has 2 rings (SSSR count). The quantitative estimate of drug-likeness (QED) is 0.873. The van der Waals surface area contributed by atoms with Crippen molar-refractivity contribution in [2.24, 2.45) is 7.05 Å². The predicted molar refractivity (Wildman–Crippen MR) is 76.0 cm³/mol. The topological polar surface area (TPSA) is 84.2 Å². The van der Waals surface area contributed by atoms with Crippen molar-refractivity contribution in [1.82, 2.24) is 15.1 Å². The van der Waals surface area contributed by atoms with E-state index in [1.54, 1.807) is 19.2 Å². The van der Waals surface area contributed by atoms with Crippen LogP contribution in [0.2, 0.25) is 5.02 Å². The zero-order valence-electron chi connectivity index (χ0n) is 11.1. The molecule has 20 heavy (non-hydrogen) atoms. The van der Waals surface area contributed by atoms with Crippen LogP contribution in [0.4, 0.5) is 0 Å². The highest BCUT2D eigenvalue weighted by atomic mass is 35.5. The predicted octanol–water partition coefficient (Wildman–Crippen LogP) is 0.698. The average molecular weight is 296 g/mol. The van der Waals surface area contributed by atoms with E-state index in [0.29, 0.717) is 15.9 Å². The molecule has 0 aliphatic heterocycles. The summed E-state index contributed by atoms with van der Waals surface area (Å²) < 4.78 is 1.45. The molecule has 0 saturated heterocycles. The molecule has 1 aromatic heterocycles. The van der Waals surface area contributed by atoms with Crippen molar-refractivity contribution in [1.29, 1.82) is 0 Å². The fourth-order valence-electron chi connectivity index (χ4n) is 1.82. The van der Waals surface area contributed by atoms with E-state index < -0.39 is 17.4 Å². The van der Waals surface area contributed by atoms with Gasteiger partial charge in [0.05, 0.1) is 17.0 Å². The molecule has 0 spiro atoms. The van der Waals surface area contributed by atoms with Gasteiger partial charge in [-0.25, -0.2) is 0 Å². The summed E-state index contributed by atoms with van der Waals surface area (Å²) in [5.41, 5.74) is -0.113. The second kappa shape index (κ2) is 5.60. The van der Waals surface area contributed by atoms with E-state index in [1.165, 1.54) is 17.7 Å². The number of halogens is 1. The van der Waals surface area contributed by atoms with E-state index in [-0.39, 0.29) is 12.2 Å². The van der Waals surface area contributed by atoms with Crippen molar-refractivity contribution in [3.05, 3.63) is 39.1 Å². The minimum absolute atomic E-state index is 0.0528. The van der Waals surface area contributed by atoms with Gasteiger partial charge in [-0.1, -0.05) is 11.6 Å². The molecule has 1 heterocycles. The Labute approximate surface area is 120 Å². The Morgan fingerprint density at radius 2 is 2.25 bits per heavy atom. The third-order valence-electron chi connectivity index (χ3n) is 2.79. The smallest absolute Gasteiger partial charge is 0.275 e. The van der Waals surface area contributed by atoms with Crippen molar-refractivity contribution in [2.45, 2.75) is 13.0 Å². The van der Waals surface area contributed by atoms with Crippen LogP contribution in [0.3, 0.4) is 0 Å². The number of aliphatic hydroxyl groups excluding tert-OH is 1. The Bertz CT molecular complexity index is 725. The minimum Gasteiger partial charge on any atom is -0.392 e. The first kappa shape index (κ1) is 14.5. The van der Waals surface area contributed by atoms with Gasteiger partial charge in [-0.3, -0.25) is 14.3 Å². The van der Waals surface area contributed by atoms with Crippen LogP contribution in [0.15, 0.2) is 23.0 Å². The lowest BCUT2D eigenvalue weighted by Crippen LogP contribution is -2.35. The molecule has 7 heteroatoms. The maximum atomic E-state index is 12.3. The maximum Gasteiger partial charge on any atom is 0.275 e. The van der Waals surface area contributed by atoms with Crippen LogP contribution in [-0.2, 0) is 7.05 Å². The summed E-state index contributed by atoms with van der Waals surface area (Å²) in [5, 5.41) is 16.3. The maximum absolute atomic E-state index is 12.3. The number of fused-ring (bicyclic) bond motifs is 1. The summed E-state index contributed by atoms with van der Waals surface area (Å²) >= 11 is 5.88. The second-order valence-corrected chi connectivity index (χ2v) is 4.96. The first-order valence-corrected chi connectivity index (χ1v) is 6.41. The lowest BCUT2D eigenvalue weighted by atomic mass is 10.2. The number of hydrogen-bond acceptors (Lipinski definition) is 4. The molecule has 1 atom stereocenters. The first-order chi connectivity index (χ1) is 9.40. The van der Waals surface area contributed by atoms with Gasteiger partial charge < -0.3 is 10.4 Å². The molecule has 2 N–H and O–H groups in total. The van der Waals surface area contributed by atoms with E-state index in [0.717, 1.165) is 0 Å². The minimum atomic E-state index is -0.697. The van der Waals surface area contributed by atoms with E-state index >= 15 is 0 Å². The van der Waals surface area contributed by atoms with Crippen LogP contribution >= 0.6 is 11.6 Å². The summed E-state index contributed by atoms with van der Waals surface area (Å²) in [6, 6.07) is 4.83. The number of aryl methyl sites for hydroxylation is 1. The summed E-state index contributed by atoms with van der Waals surface area (Å²) in [4.78, 5) is 24.2. The van der Waals surface area contributed by atoms with Crippen molar-refractivity contribution < 1.29 is 9.90 Å².